The summed E-state index contributed by atoms with van der Waals surface area (Å²) in [6.07, 6.45) is 5.71. The molecule has 2 atom stereocenters. The number of carbonyl (C=O) groups is 1. The maximum atomic E-state index is 12.5. The van der Waals surface area contributed by atoms with Crippen molar-refractivity contribution in [3.05, 3.63) is 17.5 Å². The van der Waals surface area contributed by atoms with Gasteiger partial charge in [-0.15, -0.1) is 0 Å². The minimum absolute atomic E-state index is 0.0327. The summed E-state index contributed by atoms with van der Waals surface area (Å²) >= 11 is 0. The van der Waals surface area contributed by atoms with Gasteiger partial charge in [0.2, 0.25) is 0 Å². The molecule has 0 N–H and O–H groups in total. The lowest BCUT2D eigenvalue weighted by Gasteiger charge is -2.38. The van der Waals surface area contributed by atoms with Gasteiger partial charge in [0.1, 0.15) is 5.76 Å². The zero-order valence-corrected chi connectivity index (χ0v) is 11.1. The normalized spacial score (nSPS) is 28.4. The molecule has 4 heteroatoms. The SMILES string of the molecule is C[C@@H]1CCC[C@H](C)N1C(=O)c1cc(C2CC2)on1. The highest BCUT2D eigenvalue weighted by Crippen LogP contribution is 2.40. The Balaban J connectivity index is 1.79. The highest BCUT2D eigenvalue weighted by Gasteiger charge is 2.33. The average Bonchev–Trinajstić information content (AvgIpc) is 3.07. The van der Waals surface area contributed by atoms with Gasteiger partial charge in [0, 0.05) is 24.1 Å². The minimum atomic E-state index is 0.0327. The number of likely N-dealkylation sites (tertiary alicyclic amines) is 1. The molecule has 0 radical (unpaired) electrons. The van der Waals surface area contributed by atoms with Crippen LogP contribution in [-0.4, -0.2) is 28.0 Å². The molecule has 1 saturated carbocycles. The quantitative estimate of drug-likeness (QED) is 0.808. The molecule has 1 saturated heterocycles. The number of piperidine rings is 1. The fraction of sp³-hybridized carbons (Fsp3) is 0.714. The number of hydrogen-bond acceptors (Lipinski definition) is 3. The van der Waals surface area contributed by atoms with Crippen LogP contribution in [0.5, 0.6) is 0 Å². The van der Waals surface area contributed by atoms with E-state index in [2.05, 4.69) is 19.0 Å². The Bertz CT molecular complexity index is 440. The molecule has 2 heterocycles. The summed E-state index contributed by atoms with van der Waals surface area (Å²) in [4.78, 5) is 14.5. The van der Waals surface area contributed by atoms with Crippen molar-refractivity contribution >= 4 is 5.91 Å². The zero-order valence-electron chi connectivity index (χ0n) is 11.1. The van der Waals surface area contributed by atoms with Gasteiger partial charge >= 0.3 is 0 Å². The third-order valence-corrected chi connectivity index (χ3v) is 4.16. The van der Waals surface area contributed by atoms with Gasteiger partial charge in [0.05, 0.1) is 0 Å². The molecule has 98 valence electrons. The molecule has 2 aliphatic rings. The Morgan fingerprint density at radius 3 is 2.56 bits per heavy atom. The number of rotatable bonds is 2. The van der Waals surface area contributed by atoms with E-state index in [1.807, 2.05) is 11.0 Å². The van der Waals surface area contributed by atoms with Crippen LogP contribution in [0.3, 0.4) is 0 Å². The van der Waals surface area contributed by atoms with Crippen LogP contribution in [0.2, 0.25) is 0 Å². The summed E-state index contributed by atoms with van der Waals surface area (Å²) in [7, 11) is 0. The van der Waals surface area contributed by atoms with Crippen molar-refractivity contribution in [3.8, 4) is 0 Å². The molecule has 1 aliphatic carbocycles. The molecule has 1 aliphatic heterocycles. The van der Waals surface area contributed by atoms with Crippen LogP contribution in [0, 0.1) is 0 Å². The van der Waals surface area contributed by atoms with Gasteiger partial charge in [-0.05, 0) is 46.0 Å². The van der Waals surface area contributed by atoms with E-state index in [0.717, 1.165) is 18.6 Å². The largest absolute Gasteiger partial charge is 0.360 e. The molecule has 0 spiro atoms. The highest BCUT2D eigenvalue weighted by molar-refractivity contribution is 5.92. The molecule has 2 fully saturated rings. The first-order chi connectivity index (χ1) is 8.66. The van der Waals surface area contributed by atoms with Crippen LogP contribution < -0.4 is 0 Å². The zero-order chi connectivity index (χ0) is 12.7. The van der Waals surface area contributed by atoms with E-state index in [1.165, 1.54) is 19.3 Å². The van der Waals surface area contributed by atoms with E-state index in [-0.39, 0.29) is 5.91 Å². The topological polar surface area (TPSA) is 46.3 Å². The lowest BCUT2D eigenvalue weighted by molar-refractivity contribution is 0.0500. The van der Waals surface area contributed by atoms with E-state index in [1.54, 1.807) is 0 Å². The van der Waals surface area contributed by atoms with E-state index in [0.29, 0.717) is 23.7 Å². The molecule has 1 aromatic heterocycles. The fourth-order valence-corrected chi connectivity index (χ4v) is 2.90. The number of aromatic nitrogens is 1. The van der Waals surface area contributed by atoms with Crippen LogP contribution in [0.15, 0.2) is 10.6 Å². The Kier molecular flexibility index (Phi) is 2.88. The summed E-state index contributed by atoms with van der Waals surface area (Å²) < 4.78 is 5.27. The average molecular weight is 248 g/mol. The van der Waals surface area contributed by atoms with Crippen molar-refractivity contribution in [2.75, 3.05) is 0 Å². The van der Waals surface area contributed by atoms with Gasteiger partial charge in [-0.3, -0.25) is 4.79 Å². The molecule has 1 aromatic rings. The van der Waals surface area contributed by atoms with E-state index in [9.17, 15) is 4.79 Å². The second-order valence-electron chi connectivity index (χ2n) is 5.73. The third-order valence-electron chi connectivity index (χ3n) is 4.16. The summed E-state index contributed by atoms with van der Waals surface area (Å²) in [5.41, 5.74) is 0.484. The number of carbonyl (C=O) groups excluding carboxylic acids is 1. The van der Waals surface area contributed by atoms with Gasteiger partial charge < -0.3 is 9.42 Å². The van der Waals surface area contributed by atoms with Gasteiger partial charge in [-0.25, -0.2) is 0 Å². The Morgan fingerprint density at radius 2 is 1.94 bits per heavy atom. The maximum Gasteiger partial charge on any atom is 0.276 e. The van der Waals surface area contributed by atoms with Gasteiger partial charge in [0.25, 0.3) is 5.91 Å². The second kappa shape index (κ2) is 4.41. The Hall–Kier alpha value is -1.32. The third kappa shape index (κ3) is 2.04. The molecule has 4 nitrogen and oxygen atoms in total. The van der Waals surface area contributed by atoms with Gasteiger partial charge in [0.15, 0.2) is 5.69 Å². The van der Waals surface area contributed by atoms with E-state index >= 15 is 0 Å². The predicted molar refractivity (Wildman–Crippen MR) is 67.4 cm³/mol. The van der Waals surface area contributed by atoms with Crippen LogP contribution in [0.1, 0.15) is 68.1 Å². The lowest BCUT2D eigenvalue weighted by atomic mass is 9.97. The smallest absolute Gasteiger partial charge is 0.276 e. The number of nitrogens with zero attached hydrogens (tertiary/aromatic N) is 2. The van der Waals surface area contributed by atoms with Gasteiger partial charge in [-0.2, -0.15) is 0 Å². The summed E-state index contributed by atoms with van der Waals surface area (Å²) in [5, 5.41) is 3.96. The van der Waals surface area contributed by atoms with Crippen molar-refractivity contribution in [3.63, 3.8) is 0 Å². The maximum absolute atomic E-state index is 12.5. The van der Waals surface area contributed by atoms with Crippen LogP contribution in [-0.2, 0) is 0 Å². The monoisotopic (exact) mass is 248 g/mol. The molecular weight excluding hydrogens is 228 g/mol. The molecule has 18 heavy (non-hydrogen) atoms. The van der Waals surface area contributed by atoms with Crippen molar-refractivity contribution in [1.29, 1.82) is 0 Å². The highest BCUT2D eigenvalue weighted by atomic mass is 16.5. The first kappa shape index (κ1) is 11.8. The standard InChI is InChI=1S/C14H20N2O2/c1-9-4-3-5-10(2)16(9)14(17)12-8-13(18-15-12)11-6-7-11/h8-11H,3-7H2,1-2H3/t9-,10+. The van der Waals surface area contributed by atoms with Crippen molar-refractivity contribution < 1.29 is 9.32 Å². The molecule has 1 amide bonds. The minimum Gasteiger partial charge on any atom is -0.360 e. The Morgan fingerprint density at radius 1 is 1.28 bits per heavy atom. The summed E-state index contributed by atoms with van der Waals surface area (Å²) in [5.74, 6) is 1.43. The number of amides is 1. The summed E-state index contributed by atoms with van der Waals surface area (Å²) in [6, 6.07) is 2.46. The Labute approximate surface area is 107 Å². The lowest BCUT2D eigenvalue weighted by Crippen LogP contribution is -2.47. The molecule has 0 unspecified atom stereocenters. The molecule has 3 rings (SSSR count). The van der Waals surface area contributed by atoms with Crippen molar-refractivity contribution in [2.45, 2.75) is 64.0 Å². The first-order valence-electron chi connectivity index (χ1n) is 6.96. The van der Waals surface area contributed by atoms with E-state index in [4.69, 9.17) is 4.52 Å². The second-order valence-corrected chi connectivity index (χ2v) is 5.73. The van der Waals surface area contributed by atoms with Gasteiger partial charge in [-0.1, -0.05) is 5.16 Å². The fourth-order valence-electron chi connectivity index (χ4n) is 2.90. The number of hydrogen-bond donors (Lipinski definition) is 0. The first-order valence-corrected chi connectivity index (χ1v) is 6.96. The van der Waals surface area contributed by atoms with Crippen LogP contribution in [0.4, 0.5) is 0 Å². The molecule has 0 bridgehead atoms. The molecule has 0 aromatic carbocycles. The molecular formula is C14H20N2O2. The van der Waals surface area contributed by atoms with Crippen LogP contribution >= 0.6 is 0 Å². The summed E-state index contributed by atoms with van der Waals surface area (Å²) in [6.45, 7) is 4.24. The predicted octanol–water partition coefficient (Wildman–Crippen LogP) is 2.96. The van der Waals surface area contributed by atoms with Crippen molar-refractivity contribution in [1.82, 2.24) is 10.1 Å². The van der Waals surface area contributed by atoms with Crippen molar-refractivity contribution in [2.24, 2.45) is 0 Å². The van der Waals surface area contributed by atoms with E-state index < -0.39 is 0 Å². The van der Waals surface area contributed by atoms with Crippen LogP contribution in [0.25, 0.3) is 0 Å².